The summed E-state index contributed by atoms with van der Waals surface area (Å²) in [4.78, 5) is 0. The van der Waals surface area contributed by atoms with Crippen LogP contribution in [0.5, 0.6) is 0 Å². The molecule has 1 aliphatic rings. The van der Waals surface area contributed by atoms with Crippen molar-refractivity contribution in [2.75, 3.05) is 20.3 Å². The second kappa shape index (κ2) is 6.22. The first kappa shape index (κ1) is 9.10. The molecule has 1 aliphatic heterocycles. The molecular weight excluding hydrogens is 136 g/mol. The van der Waals surface area contributed by atoms with Crippen LogP contribution in [-0.4, -0.2) is 41.3 Å². The fraction of sp³-hybridized carbons (Fsp3) is 1.00. The van der Waals surface area contributed by atoms with Crippen LogP contribution in [0.2, 0.25) is 6.55 Å². The highest BCUT2D eigenvalue weighted by Gasteiger charge is 2.21. The molecule has 0 saturated carbocycles. The molecule has 1 unspecified atom stereocenters. The van der Waals surface area contributed by atoms with Crippen LogP contribution in [0.15, 0.2) is 0 Å². The molecule has 0 aromatic carbocycles. The van der Waals surface area contributed by atoms with E-state index in [4.69, 9.17) is 14.3 Å². The number of ether oxygens (including phenoxy) is 1. The summed E-state index contributed by atoms with van der Waals surface area (Å²) in [6, 6.07) is 0. The second-order valence-electron chi connectivity index (χ2n) is 1.61. The molecule has 1 atom stereocenters. The molecule has 56 valence electrons. The Labute approximate surface area is 57.9 Å². The first-order chi connectivity index (χ1) is 4.43. The number of aliphatic hydroxyl groups is 1. The molecule has 9 heavy (non-hydrogen) atoms. The predicted octanol–water partition coefficient (Wildman–Crippen LogP) is -0.858. The lowest BCUT2D eigenvalue weighted by molar-refractivity contribution is 0.275. The number of hydrogen-bond donors (Lipinski definition) is 1. The van der Waals surface area contributed by atoms with Gasteiger partial charge in [-0.25, -0.2) is 0 Å². The van der Waals surface area contributed by atoms with Crippen molar-refractivity contribution < 1.29 is 14.3 Å². The molecule has 0 radical (unpaired) electrons. The summed E-state index contributed by atoms with van der Waals surface area (Å²) in [5, 5.41) is 7.00. The van der Waals surface area contributed by atoms with Crippen molar-refractivity contribution in [2.45, 2.75) is 12.7 Å². The van der Waals surface area contributed by atoms with Gasteiger partial charge in [-0.3, -0.25) is 0 Å². The Morgan fingerprint density at radius 1 is 1.78 bits per heavy atom. The lowest BCUT2D eigenvalue weighted by Gasteiger charge is -1.91. The first-order valence-electron chi connectivity index (χ1n) is 3.07. The van der Waals surface area contributed by atoms with Gasteiger partial charge in [0, 0.05) is 7.11 Å². The monoisotopic (exact) mass is 150 g/mol. The van der Waals surface area contributed by atoms with Crippen LogP contribution in [-0.2, 0) is 9.16 Å². The van der Waals surface area contributed by atoms with E-state index in [-0.39, 0.29) is 9.76 Å². The SMILES string of the molecule is CO.C[SiH2]OCC1CO1. The zero-order valence-corrected chi connectivity index (χ0v) is 7.38. The van der Waals surface area contributed by atoms with E-state index in [0.717, 1.165) is 20.3 Å². The molecule has 0 aromatic heterocycles. The molecule has 0 aliphatic carbocycles. The molecular formula is C5H14O3Si. The van der Waals surface area contributed by atoms with Gasteiger partial charge in [0.05, 0.1) is 13.2 Å². The van der Waals surface area contributed by atoms with E-state index in [9.17, 15) is 0 Å². The molecule has 1 rings (SSSR count). The van der Waals surface area contributed by atoms with Gasteiger partial charge in [-0.05, 0) is 0 Å². The zero-order chi connectivity index (χ0) is 7.11. The third-order valence-electron chi connectivity index (χ3n) is 0.910. The fourth-order valence-electron chi connectivity index (χ4n) is 0.414. The molecule has 0 bridgehead atoms. The first-order valence-corrected chi connectivity index (χ1v) is 5.06. The fourth-order valence-corrected chi connectivity index (χ4v) is 0.912. The van der Waals surface area contributed by atoms with Gasteiger partial charge in [-0.2, -0.15) is 0 Å². The second-order valence-corrected chi connectivity index (χ2v) is 2.60. The van der Waals surface area contributed by atoms with Gasteiger partial charge in [0.2, 0.25) is 0 Å². The summed E-state index contributed by atoms with van der Waals surface area (Å²) in [6.07, 6.45) is 0.465. The van der Waals surface area contributed by atoms with Crippen molar-refractivity contribution >= 4 is 9.76 Å². The van der Waals surface area contributed by atoms with E-state index >= 15 is 0 Å². The summed E-state index contributed by atoms with van der Waals surface area (Å²) < 4.78 is 10.1. The molecule has 0 amide bonds. The Morgan fingerprint density at radius 2 is 2.33 bits per heavy atom. The van der Waals surface area contributed by atoms with Crippen LogP contribution < -0.4 is 0 Å². The Morgan fingerprint density at radius 3 is 2.67 bits per heavy atom. The minimum absolute atomic E-state index is 0.169. The third-order valence-corrected chi connectivity index (χ3v) is 1.55. The van der Waals surface area contributed by atoms with E-state index in [1.165, 1.54) is 0 Å². The highest BCUT2D eigenvalue weighted by Crippen LogP contribution is 2.07. The summed E-state index contributed by atoms with van der Waals surface area (Å²) in [7, 11) is 0.831. The largest absolute Gasteiger partial charge is 0.422 e. The van der Waals surface area contributed by atoms with Crippen molar-refractivity contribution in [3.05, 3.63) is 0 Å². The maximum absolute atomic E-state index is 7.00. The average Bonchev–Trinajstić information content (AvgIpc) is 2.71. The average molecular weight is 150 g/mol. The van der Waals surface area contributed by atoms with E-state index < -0.39 is 0 Å². The smallest absolute Gasteiger partial charge is 0.158 e. The molecule has 4 heteroatoms. The minimum Gasteiger partial charge on any atom is -0.422 e. The molecule has 1 fully saturated rings. The highest BCUT2D eigenvalue weighted by atomic mass is 28.2. The Balaban J connectivity index is 0.000000291. The predicted molar refractivity (Wildman–Crippen MR) is 38.2 cm³/mol. The summed E-state index contributed by atoms with van der Waals surface area (Å²) in [6.45, 7) is 3.90. The molecule has 1 heterocycles. The van der Waals surface area contributed by atoms with Gasteiger partial charge in [0.25, 0.3) is 0 Å². The molecule has 0 aromatic rings. The van der Waals surface area contributed by atoms with Crippen LogP contribution in [0.1, 0.15) is 0 Å². The van der Waals surface area contributed by atoms with E-state index in [1.807, 2.05) is 0 Å². The zero-order valence-electron chi connectivity index (χ0n) is 5.96. The molecule has 1 N–H and O–H groups in total. The van der Waals surface area contributed by atoms with Crippen molar-refractivity contribution in [3.8, 4) is 0 Å². The van der Waals surface area contributed by atoms with Crippen molar-refractivity contribution in [1.82, 2.24) is 0 Å². The summed E-state index contributed by atoms with van der Waals surface area (Å²) >= 11 is 0. The van der Waals surface area contributed by atoms with Gasteiger partial charge in [-0.1, -0.05) is 6.55 Å². The Hall–Kier alpha value is 0.0969. The van der Waals surface area contributed by atoms with Crippen LogP contribution in [0.3, 0.4) is 0 Å². The number of epoxide rings is 1. The van der Waals surface area contributed by atoms with Crippen LogP contribution >= 0.6 is 0 Å². The third kappa shape index (κ3) is 5.98. The van der Waals surface area contributed by atoms with Crippen molar-refractivity contribution in [3.63, 3.8) is 0 Å². The maximum Gasteiger partial charge on any atom is 0.158 e. The van der Waals surface area contributed by atoms with Gasteiger partial charge in [-0.15, -0.1) is 0 Å². The van der Waals surface area contributed by atoms with Crippen LogP contribution in [0, 0.1) is 0 Å². The van der Waals surface area contributed by atoms with Crippen molar-refractivity contribution in [1.29, 1.82) is 0 Å². The Bertz CT molecular complexity index is 56.2. The van der Waals surface area contributed by atoms with E-state index in [0.29, 0.717) is 6.10 Å². The van der Waals surface area contributed by atoms with Gasteiger partial charge in [0.1, 0.15) is 6.10 Å². The number of aliphatic hydroxyl groups excluding tert-OH is 1. The topological polar surface area (TPSA) is 42.0 Å². The van der Waals surface area contributed by atoms with Crippen molar-refractivity contribution in [2.24, 2.45) is 0 Å². The lowest BCUT2D eigenvalue weighted by Crippen LogP contribution is -2.01. The van der Waals surface area contributed by atoms with Gasteiger partial charge < -0.3 is 14.3 Å². The van der Waals surface area contributed by atoms with E-state index in [1.54, 1.807) is 0 Å². The normalized spacial score (nSPS) is 23.7. The van der Waals surface area contributed by atoms with Crippen LogP contribution in [0.4, 0.5) is 0 Å². The van der Waals surface area contributed by atoms with E-state index in [2.05, 4.69) is 6.55 Å². The minimum atomic E-state index is -0.169. The quantitative estimate of drug-likeness (QED) is 0.420. The summed E-state index contributed by atoms with van der Waals surface area (Å²) in [5.41, 5.74) is 0. The molecule has 3 nitrogen and oxygen atoms in total. The summed E-state index contributed by atoms with van der Waals surface area (Å²) in [5.74, 6) is 0. The van der Waals surface area contributed by atoms with Crippen LogP contribution in [0.25, 0.3) is 0 Å². The lowest BCUT2D eigenvalue weighted by atomic mass is 10.5. The number of rotatable bonds is 3. The van der Waals surface area contributed by atoms with Gasteiger partial charge in [0.15, 0.2) is 9.76 Å². The highest BCUT2D eigenvalue weighted by molar-refractivity contribution is 6.24. The molecule has 1 saturated heterocycles. The molecule has 0 spiro atoms. The Kier molecular flexibility index (Phi) is 6.29. The van der Waals surface area contributed by atoms with Gasteiger partial charge >= 0.3 is 0 Å². The number of hydrogen-bond acceptors (Lipinski definition) is 3. The maximum atomic E-state index is 7.00. The standard InChI is InChI=1S/C4H10O2Si.CH4O/c1-7-6-3-4-2-5-4;1-2/h4H,2-3,7H2,1H3;2H,1H3.